The van der Waals surface area contributed by atoms with Crippen LogP contribution in [0.1, 0.15) is 52.6 Å². The van der Waals surface area contributed by atoms with Crippen molar-refractivity contribution in [3.05, 3.63) is 83.3 Å². The van der Waals surface area contributed by atoms with Crippen LogP contribution in [0.3, 0.4) is 0 Å². The van der Waals surface area contributed by atoms with E-state index >= 15 is 0 Å². The number of amides is 2. The lowest BCUT2D eigenvalue weighted by atomic mass is 9.98. The summed E-state index contributed by atoms with van der Waals surface area (Å²) < 4.78 is 11.1. The molecule has 2 aliphatic rings. The molecule has 35 heavy (non-hydrogen) atoms. The second kappa shape index (κ2) is 9.66. The Morgan fingerprint density at radius 2 is 1.66 bits per heavy atom. The highest BCUT2D eigenvalue weighted by Gasteiger charge is 2.34. The summed E-state index contributed by atoms with van der Waals surface area (Å²) in [6.45, 7) is 0.628. The van der Waals surface area contributed by atoms with Crippen LogP contribution in [0.15, 0.2) is 65.1 Å². The molecule has 1 fully saturated rings. The largest absolute Gasteiger partial charge is 0.480 e. The van der Waals surface area contributed by atoms with Crippen molar-refractivity contribution in [2.75, 3.05) is 13.2 Å². The van der Waals surface area contributed by atoms with Crippen molar-refractivity contribution in [2.45, 2.75) is 37.8 Å². The van der Waals surface area contributed by atoms with E-state index in [-0.39, 0.29) is 24.8 Å². The molecule has 2 N–H and O–H groups in total. The van der Waals surface area contributed by atoms with Gasteiger partial charge in [0.05, 0.1) is 6.54 Å². The van der Waals surface area contributed by atoms with Gasteiger partial charge in [-0.1, -0.05) is 48.5 Å². The zero-order chi connectivity index (χ0) is 24.4. The molecule has 1 atom stereocenters. The fourth-order valence-electron chi connectivity index (χ4n) is 4.97. The van der Waals surface area contributed by atoms with Crippen LogP contribution >= 0.6 is 0 Å². The number of aliphatic carboxylic acids is 1. The fourth-order valence-corrected chi connectivity index (χ4v) is 4.97. The maximum Gasteiger partial charge on any atom is 0.407 e. The van der Waals surface area contributed by atoms with Gasteiger partial charge < -0.3 is 24.5 Å². The molecule has 1 aliphatic heterocycles. The number of likely N-dealkylation sites (tertiary alicyclic amines) is 1. The molecule has 2 aromatic carbocycles. The van der Waals surface area contributed by atoms with Gasteiger partial charge in [-0.2, -0.15) is 0 Å². The normalized spacial score (nSPS) is 16.9. The number of piperidine rings is 1. The van der Waals surface area contributed by atoms with Crippen molar-refractivity contribution < 1.29 is 28.6 Å². The Labute approximate surface area is 202 Å². The molecule has 1 unspecified atom stereocenters. The van der Waals surface area contributed by atoms with E-state index in [9.17, 15) is 19.5 Å². The highest BCUT2D eigenvalue weighted by atomic mass is 16.5. The van der Waals surface area contributed by atoms with Gasteiger partial charge in [0.15, 0.2) is 5.76 Å². The summed E-state index contributed by atoms with van der Waals surface area (Å²) in [7, 11) is 0. The summed E-state index contributed by atoms with van der Waals surface area (Å²) in [5.41, 5.74) is 4.58. The third-order valence-electron chi connectivity index (χ3n) is 6.67. The van der Waals surface area contributed by atoms with Crippen LogP contribution in [-0.2, 0) is 16.1 Å². The standard InChI is InChI=1S/C27H26N2O6/c30-25(29-14-6-5-11-23(29)26(31)32)24-13-12-17(35-24)15-28-27(33)34-16-22-20-9-3-1-7-18(20)19-8-2-4-10-21(19)22/h1-4,7-10,12-13,22-23H,5-6,11,14-16H2,(H,28,33)(H,31,32). The van der Waals surface area contributed by atoms with Gasteiger partial charge in [-0.05, 0) is 53.6 Å². The number of carboxylic acids is 1. The molecule has 8 nitrogen and oxygen atoms in total. The first-order chi connectivity index (χ1) is 17.0. The van der Waals surface area contributed by atoms with Crippen molar-refractivity contribution in [3.63, 3.8) is 0 Å². The third-order valence-corrected chi connectivity index (χ3v) is 6.67. The molecule has 5 rings (SSSR count). The summed E-state index contributed by atoms with van der Waals surface area (Å²) in [6, 6.07) is 18.5. The Balaban J connectivity index is 1.17. The van der Waals surface area contributed by atoms with Gasteiger partial charge >= 0.3 is 12.1 Å². The zero-order valence-corrected chi connectivity index (χ0v) is 19.1. The number of carbonyl (C=O) groups is 3. The summed E-state index contributed by atoms with van der Waals surface area (Å²) >= 11 is 0. The number of alkyl carbamates (subject to hydrolysis) is 1. The van der Waals surface area contributed by atoms with Crippen LogP contribution in [0.5, 0.6) is 0 Å². The van der Waals surface area contributed by atoms with E-state index in [4.69, 9.17) is 9.15 Å². The quantitative estimate of drug-likeness (QED) is 0.548. The van der Waals surface area contributed by atoms with Crippen molar-refractivity contribution in [2.24, 2.45) is 0 Å². The van der Waals surface area contributed by atoms with E-state index in [0.29, 0.717) is 18.7 Å². The van der Waals surface area contributed by atoms with Crippen molar-refractivity contribution in [1.82, 2.24) is 10.2 Å². The second-order valence-corrected chi connectivity index (χ2v) is 8.79. The van der Waals surface area contributed by atoms with E-state index in [1.807, 2.05) is 24.3 Å². The lowest BCUT2D eigenvalue weighted by Crippen LogP contribution is -2.47. The Bertz CT molecular complexity index is 1220. The number of furan rings is 1. The van der Waals surface area contributed by atoms with Gasteiger partial charge in [0.25, 0.3) is 5.91 Å². The molecule has 1 aliphatic carbocycles. The van der Waals surface area contributed by atoms with E-state index in [2.05, 4.69) is 29.6 Å². The van der Waals surface area contributed by atoms with Gasteiger partial charge in [-0.25, -0.2) is 9.59 Å². The minimum Gasteiger partial charge on any atom is -0.480 e. The Morgan fingerprint density at radius 3 is 2.34 bits per heavy atom. The first-order valence-corrected chi connectivity index (χ1v) is 11.7. The molecule has 1 aromatic heterocycles. The molecule has 8 heteroatoms. The van der Waals surface area contributed by atoms with Crippen molar-refractivity contribution in [3.8, 4) is 11.1 Å². The number of hydrogen-bond acceptors (Lipinski definition) is 5. The minimum atomic E-state index is -1.01. The first kappa shape index (κ1) is 22.7. The number of hydrogen-bond donors (Lipinski definition) is 2. The van der Waals surface area contributed by atoms with Gasteiger partial charge in [-0.15, -0.1) is 0 Å². The zero-order valence-electron chi connectivity index (χ0n) is 19.1. The van der Waals surface area contributed by atoms with Crippen LogP contribution < -0.4 is 5.32 Å². The third kappa shape index (κ3) is 4.51. The number of rotatable bonds is 6. The minimum absolute atomic E-state index is 0.0345. The Morgan fingerprint density at radius 1 is 0.971 bits per heavy atom. The molecule has 3 aromatic rings. The second-order valence-electron chi connectivity index (χ2n) is 8.79. The maximum absolute atomic E-state index is 12.8. The molecule has 0 saturated carbocycles. The monoisotopic (exact) mass is 474 g/mol. The van der Waals surface area contributed by atoms with Gasteiger partial charge in [0.2, 0.25) is 0 Å². The molecule has 2 amide bonds. The Kier molecular flexibility index (Phi) is 6.27. The molecular formula is C27H26N2O6. The average molecular weight is 475 g/mol. The van der Waals surface area contributed by atoms with Crippen molar-refractivity contribution >= 4 is 18.0 Å². The summed E-state index contributed by atoms with van der Waals surface area (Å²) in [5, 5.41) is 12.1. The maximum atomic E-state index is 12.8. The number of fused-ring (bicyclic) bond motifs is 3. The lowest BCUT2D eigenvalue weighted by Gasteiger charge is -2.32. The average Bonchev–Trinajstić information content (AvgIpc) is 3.49. The molecule has 2 heterocycles. The summed E-state index contributed by atoms with van der Waals surface area (Å²) in [5.74, 6) is -1.06. The molecule has 0 radical (unpaired) electrons. The smallest absolute Gasteiger partial charge is 0.407 e. The van der Waals surface area contributed by atoms with Crippen LogP contribution in [0.4, 0.5) is 4.79 Å². The lowest BCUT2D eigenvalue weighted by molar-refractivity contribution is -0.143. The SMILES string of the molecule is O=C(NCc1ccc(C(=O)N2CCCCC2C(=O)O)o1)OCC1c2ccccc2-c2ccccc21. The van der Waals surface area contributed by atoms with Crippen LogP contribution in [0.25, 0.3) is 11.1 Å². The van der Waals surface area contributed by atoms with Crippen LogP contribution in [0.2, 0.25) is 0 Å². The van der Waals surface area contributed by atoms with E-state index in [1.54, 1.807) is 6.07 Å². The van der Waals surface area contributed by atoms with Crippen molar-refractivity contribution in [1.29, 1.82) is 0 Å². The van der Waals surface area contributed by atoms with E-state index in [1.165, 1.54) is 11.0 Å². The van der Waals surface area contributed by atoms with E-state index < -0.39 is 24.0 Å². The highest BCUT2D eigenvalue weighted by molar-refractivity contribution is 5.94. The van der Waals surface area contributed by atoms with Crippen LogP contribution in [-0.4, -0.2) is 47.2 Å². The van der Waals surface area contributed by atoms with E-state index in [0.717, 1.165) is 35.1 Å². The number of ether oxygens (including phenoxy) is 1. The molecule has 0 bridgehead atoms. The number of carbonyl (C=O) groups excluding carboxylic acids is 2. The molecular weight excluding hydrogens is 448 g/mol. The number of carboxylic acid groups (broad SMARTS) is 1. The number of nitrogens with one attached hydrogen (secondary N) is 1. The molecule has 1 saturated heterocycles. The number of nitrogens with zero attached hydrogens (tertiary/aromatic N) is 1. The molecule has 180 valence electrons. The summed E-state index contributed by atoms with van der Waals surface area (Å²) in [6.07, 6.45) is 1.37. The Hall–Kier alpha value is -4.07. The fraction of sp³-hybridized carbons (Fsp3) is 0.296. The van der Waals surface area contributed by atoms with Gasteiger partial charge in [0, 0.05) is 12.5 Å². The van der Waals surface area contributed by atoms with Gasteiger partial charge in [-0.3, -0.25) is 4.79 Å². The molecule has 0 spiro atoms. The summed E-state index contributed by atoms with van der Waals surface area (Å²) in [4.78, 5) is 38.0. The van der Waals surface area contributed by atoms with Crippen LogP contribution in [0, 0.1) is 0 Å². The predicted octanol–water partition coefficient (Wildman–Crippen LogP) is 4.40. The first-order valence-electron chi connectivity index (χ1n) is 11.7. The van der Waals surface area contributed by atoms with Gasteiger partial charge in [0.1, 0.15) is 18.4 Å². The topological polar surface area (TPSA) is 109 Å². The highest BCUT2D eigenvalue weighted by Crippen LogP contribution is 2.44. The number of benzene rings is 2. The predicted molar refractivity (Wildman–Crippen MR) is 127 cm³/mol.